The monoisotopic (exact) mass is 589 g/mol. The highest BCUT2D eigenvalue weighted by Gasteiger charge is 2.29. The number of hydrogen-bond donors (Lipinski definition) is 0. The van der Waals surface area contributed by atoms with E-state index in [0.29, 0.717) is 68.9 Å². The summed E-state index contributed by atoms with van der Waals surface area (Å²) in [5.74, 6) is -1.19. The Labute approximate surface area is 246 Å². The first kappa shape index (κ1) is 31.3. The van der Waals surface area contributed by atoms with Gasteiger partial charge in [0.05, 0.1) is 40.4 Å². The van der Waals surface area contributed by atoms with Crippen molar-refractivity contribution < 1.29 is 37.3 Å². The van der Waals surface area contributed by atoms with Gasteiger partial charge in [0, 0.05) is 56.5 Å². The van der Waals surface area contributed by atoms with Gasteiger partial charge in [-0.15, -0.1) is 0 Å². The van der Waals surface area contributed by atoms with Gasteiger partial charge in [-0.2, -0.15) is 0 Å². The minimum Gasteiger partial charge on any atom is -0.496 e. The second kappa shape index (κ2) is 14.5. The molecule has 0 saturated carbocycles. The average molecular weight is 590 g/mol. The van der Waals surface area contributed by atoms with Crippen molar-refractivity contribution in [3.05, 3.63) is 47.5 Å². The lowest BCUT2D eigenvalue weighted by Gasteiger charge is -2.36. The molecular formula is C31H41F2N3O6. The number of halogens is 2. The van der Waals surface area contributed by atoms with Gasteiger partial charge >= 0.3 is 6.03 Å². The van der Waals surface area contributed by atoms with Crippen LogP contribution in [0.2, 0.25) is 0 Å². The van der Waals surface area contributed by atoms with Crippen LogP contribution in [-0.4, -0.2) is 87.9 Å². The summed E-state index contributed by atoms with van der Waals surface area (Å²) in [6.45, 7) is 4.99. The third-order valence-electron chi connectivity index (χ3n) is 7.43. The van der Waals surface area contributed by atoms with E-state index in [1.165, 1.54) is 7.11 Å². The molecule has 0 aromatic heterocycles. The smallest absolute Gasteiger partial charge is 0.324 e. The molecule has 0 bridgehead atoms. The first-order chi connectivity index (χ1) is 20.2. The zero-order chi connectivity index (χ0) is 30.1. The normalized spacial score (nSPS) is 16.3. The van der Waals surface area contributed by atoms with Gasteiger partial charge in [-0.1, -0.05) is 12.1 Å². The van der Waals surface area contributed by atoms with E-state index in [2.05, 4.69) is 0 Å². The molecule has 230 valence electrons. The summed E-state index contributed by atoms with van der Waals surface area (Å²) >= 11 is 0. The predicted molar refractivity (Wildman–Crippen MR) is 155 cm³/mol. The molecule has 11 heteroatoms. The molecule has 4 rings (SSSR count). The lowest BCUT2D eigenvalue weighted by molar-refractivity contribution is -0.130. The number of rotatable bonds is 12. The highest BCUT2D eigenvalue weighted by Crippen LogP contribution is 2.34. The first-order valence-electron chi connectivity index (χ1n) is 14.4. The molecule has 3 amide bonds. The van der Waals surface area contributed by atoms with Crippen LogP contribution in [0.5, 0.6) is 17.2 Å². The van der Waals surface area contributed by atoms with Crippen LogP contribution in [0.25, 0.3) is 0 Å². The predicted octanol–water partition coefficient (Wildman–Crippen LogP) is 5.14. The molecule has 2 aromatic carbocycles. The number of amides is 3. The van der Waals surface area contributed by atoms with E-state index < -0.39 is 5.92 Å². The van der Waals surface area contributed by atoms with E-state index in [1.807, 2.05) is 23.1 Å². The van der Waals surface area contributed by atoms with Gasteiger partial charge in [-0.3, -0.25) is 9.69 Å². The molecule has 2 aromatic rings. The Morgan fingerprint density at radius 3 is 2.52 bits per heavy atom. The lowest BCUT2D eigenvalue weighted by atomic mass is 10.1. The summed E-state index contributed by atoms with van der Waals surface area (Å²) < 4.78 is 48.6. The van der Waals surface area contributed by atoms with E-state index in [1.54, 1.807) is 35.1 Å². The minimum atomic E-state index is -2.75. The van der Waals surface area contributed by atoms with Crippen LogP contribution in [0.4, 0.5) is 19.3 Å². The number of nitrogens with zero attached hydrogens (tertiary/aromatic N) is 3. The molecule has 2 aliphatic rings. The van der Waals surface area contributed by atoms with Crippen LogP contribution >= 0.6 is 0 Å². The number of hydrogen-bond acceptors (Lipinski definition) is 6. The van der Waals surface area contributed by atoms with E-state index >= 15 is 0 Å². The van der Waals surface area contributed by atoms with Gasteiger partial charge in [0.15, 0.2) is 11.5 Å². The maximum Gasteiger partial charge on any atom is 0.324 e. The minimum absolute atomic E-state index is 0.0586. The van der Waals surface area contributed by atoms with Crippen LogP contribution in [0.15, 0.2) is 36.4 Å². The Bertz CT molecular complexity index is 1210. The van der Waals surface area contributed by atoms with Crippen LogP contribution < -0.4 is 19.1 Å². The Morgan fingerprint density at radius 2 is 1.76 bits per heavy atom. The molecule has 2 heterocycles. The lowest BCUT2D eigenvalue weighted by Crippen LogP contribution is -2.49. The number of anilines is 1. The van der Waals surface area contributed by atoms with Crippen molar-refractivity contribution in [1.82, 2.24) is 9.80 Å². The van der Waals surface area contributed by atoms with Crippen LogP contribution in [0, 0.1) is 0 Å². The Hall–Kier alpha value is -3.60. The van der Waals surface area contributed by atoms with Crippen LogP contribution in [0.1, 0.15) is 43.7 Å². The van der Waals surface area contributed by atoms with Crippen LogP contribution in [-0.2, 0) is 22.5 Å². The molecule has 2 aliphatic heterocycles. The van der Waals surface area contributed by atoms with Gasteiger partial charge in [-0.05, 0) is 49.9 Å². The molecule has 0 N–H and O–H groups in total. The Kier molecular flexibility index (Phi) is 10.8. The zero-order valence-electron chi connectivity index (χ0n) is 24.7. The number of carbonyl (C=O) groups is 2. The molecule has 2 fully saturated rings. The third kappa shape index (κ3) is 8.47. The Balaban J connectivity index is 1.42. The maximum absolute atomic E-state index is 13.6. The van der Waals surface area contributed by atoms with E-state index in [0.717, 1.165) is 30.9 Å². The molecule has 0 unspecified atom stereocenters. The first-order valence-corrected chi connectivity index (χ1v) is 14.4. The van der Waals surface area contributed by atoms with E-state index in [-0.39, 0.29) is 37.8 Å². The van der Waals surface area contributed by atoms with Crippen molar-refractivity contribution in [2.45, 2.75) is 51.5 Å². The molecule has 0 spiro atoms. The number of carbonyl (C=O) groups excluding carboxylic acids is 2. The molecule has 0 atom stereocenters. The summed E-state index contributed by atoms with van der Waals surface area (Å²) in [5.41, 5.74) is 2.34. The molecule has 0 radical (unpaired) electrons. The maximum atomic E-state index is 13.6. The summed E-state index contributed by atoms with van der Waals surface area (Å²) in [6.07, 6.45) is 1.78. The molecule has 42 heavy (non-hydrogen) atoms. The second-order valence-electron chi connectivity index (χ2n) is 10.7. The quantitative estimate of drug-likeness (QED) is 0.319. The van der Waals surface area contributed by atoms with Gasteiger partial charge in [0.2, 0.25) is 11.8 Å². The van der Waals surface area contributed by atoms with Gasteiger partial charge < -0.3 is 28.7 Å². The standard InChI is InChI=1S/C31H41F2N3O6/c1-31(32,33)11-4-17-42-28-21-25(9-10-26(28)39-2)36-14-5-12-35(30(36)38)22-24-8-7-23(19-27(24)40-3)20-29(37)34-13-6-16-41-18-15-34/h7-10,19,21H,4-6,11-18,20,22H2,1-3H3. The largest absolute Gasteiger partial charge is 0.496 e. The number of alkyl halides is 2. The van der Waals surface area contributed by atoms with Crippen molar-refractivity contribution in [3.8, 4) is 17.2 Å². The SMILES string of the molecule is COc1cc(CC(=O)N2CCCOCC2)ccc1CN1CCCN(c2ccc(OC)c(OCCCC(C)(F)F)c2)C1=O. The topological polar surface area (TPSA) is 80.8 Å². The van der Waals surface area contributed by atoms with E-state index in [9.17, 15) is 18.4 Å². The fourth-order valence-corrected chi connectivity index (χ4v) is 5.20. The molecular weight excluding hydrogens is 548 g/mol. The Morgan fingerprint density at radius 1 is 0.952 bits per heavy atom. The number of urea groups is 1. The van der Waals surface area contributed by atoms with Crippen molar-refractivity contribution in [3.63, 3.8) is 0 Å². The van der Waals surface area contributed by atoms with Crippen molar-refractivity contribution >= 4 is 17.6 Å². The fourth-order valence-electron chi connectivity index (χ4n) is 5.20. The molecule has 9 nitrogen and oxygen atoms in total. The number of ether oxygens (including phenoxy) is 4. The van der Waals surface area contributed by atoms with Gasteiger partial charge in [-0.25, -0.2) is 13.6 Å². The molecule has 2 saturated heterocycles. The summed E-state index contributed by atoms with van der Waals surface area (Å²) in [4.78, 5) is 31.7. The summed E-state index contributed by atoms with van der Waals surface area (Å²) in [5, 5.41) is 0. The fraction of sp³-hybridized carbons (Fsp3) is 0.548. The third-order valence-corrected chi connectivity index (χ3v) is 7.43. The average Bonchev–Trinajstić information content (AvgIpc) is 3.26. The highest BCUT2D eigenvalue weighted by molar-refractivity contribution is 5.93. The van der Waals surface area contributed by atoms with Crippen molar-refractivity contribution in [2.75, 3.05) is 65.1 Å². The van der Waals surface area contributed by atoms with Gasteiger partial charge in [0.1, 0.15) is 5.75 Å². The van der Waals surface area contributed by atoms with Crippen molar-refractivity contribution in [1.29, 1.82) is 0 Å². The van der Waals surface area contributed by atoms with E-state index in [4.69, 9.17) is 18.9 Å². The zero-order valence-corrected chi connectivity index (χ0v) is 24.7. The molecule has 0 aliphatic carbocycles. The van der Waals surface area contributed by atoms with Crippen LogP contribution in [0.3, 0.4) is 0 Å². The summed E-state index contributed by atoms with van der Waals surface area (Å²) in [7, 11) is 3.09. The second-order valence-corrected chi connectivity index (χ2v) is 10.7. The highest BCUT2D eigenvalue weighted by atomic mass is 19.3. The number of methoxy groups -OCH3 is 2. The van der Waals surface area contributed by atoms with Gasteiger partial charge in [0.25, 0.3) is 0 Å². The van der Waals surface area contributed by atoms with Crippen molar-refractivity contribution in [2.24, 2.45) is 0 Å². The summed E-state index contributed by atoms with van der Waals surface area (Å²) in [6, 6.07) is 10.8. The number of benzene rings is 2.